The van der Waals surface area contributed by atoms with Crippen LogP contribution in [0.25, 0.3) is 0 Å². The van der Waals surface area contributed by atoms with Gasteiger partial charge in [-0.25, -0.2) is 4.98 Å². The van der Waals surface area contributed by atoms with Gasteiger partial charge in [0, 0.05) is 19.0 Å². The molecule has 0 aliphatic rings. The van der Waals surface area contributed by atoms with Crippen molar-refractivity contribution >= 4 is 0 Å². The van der Waals surface area contributed by atoms with E-state index in [2.05, 4.69) is 29.1 Å². The Morgan fingerprint density at radius 1 is 1.53 bits per heavy atom. The number of H-pyrrole nitrogens is 1. The molecule has 1 heterocycles. The maximum absolute atomic E-state index is 9.07. The summed E-state index contributed by atoms with van der Waals surface area (Å²) in [5.41, 5.74) is 0.0480. The fourth-order valence-electron chi connectivity index (χ4n) is 1.37. The lowest BCUT2D eigenvalue weighted by atomic mass is 9.89. The van der Waals surface area contributed by atoms with Gasteiger partial charge in [-0.3, -0.25) is 0 Å². The molecule has 4 heteroatoms. The van der Waals surface area contributed by atoms with Crippen LogP contribution >= 0.6 is 0 Å². The third-order valence-corrected chi connectivity index (χ3v) is 2.48. The van der Waals surface area contributed by atoms with Crippen molar-refractivity contribution in [3.8, 4) is 0 Å². The van der Waals surface area contributed by atoms with Crippen LogP contribution in [0.3, 0.4) is 0 Å². The second-order valence-corrected chi connectivity index (χ2v) is 4.64. The van der Waals surface area contributed by atoms with E-state index in [4.69, 9.17) is 5.11 Å². The maximum atomic E-state index is 9.07. The number of nitrogens with one attached hydrogen (secondary N) is 2. The van der Waals surface area contributed by atoms with Crippen LogP contribution in [0.5, 0.6) is 0 Å². The molecule has 0 radical (unpaired) electrons. The summed E-state index contributed by atoms with van der Waals surface area (Å²) in [6.07, 6.45) is 5.70. The lowest BCUT2D eigenvalue weighted by molar-refractivity contribution is 0.148. The molecule has 0 bridgehead atoms. The summed E-state index contributed by atoms with van der Waals surface area (Å²) < 4.78 is 0. The van der Waals surface area contributed by atoms with Gasteiger partial charge < -0.3 is 15.4 Å². The zero-order valence-electron chi connectivity index (χ0n) is 9.58. The van der Waals surface area contributed by atoms with E-state index < -0.39 is 0 Å². The second kappa shape index (κ2) is 5.88. The molecule has 0 fully saturated rings. The van der Waals surface area contributed by atoms with Crippen LogP contribution in [-0.2, 0) is 6.54 Å². The third-order valence-electron chi connectivity index (χ3n) is 2.48. The highest BCUT2D eigenvalue weighted by Gasteiger charge is 2.14. The molecule has 1 aromatic heterocycles. The summed E-state index contributed by atoms with van der Waals surface area (Å²) in [6.45, 7) is 6.17. The first-order chi connectivity index (χ1) is 7.14. The minimum atomic E-state index is 0.0480. The van der Waals surface area contributed by atoms with Crippen molar-refractivity contribution in [1.82, 2.24) is 15.3 Å². The Morgan fingerprint density at radius 3 is 2.93 bits per heavy atom. The van der Waals surface area contributed by atoms with Crippen LogP contribution in [0.1, 0.15) is 32.5 Å². The van der Waals surface area contributed by atoms with E-state index in [0.29, 0.717) is 0 Å². The van der Waals surface area contributed by atoms with Crippen LogP contribution in [0.2, 0.25) is 0 Å². The third kappa shape index (κ3) is 4.95. The molecule has 0 aromatic carbocycles. The number of nitrogens with zero attached hydrogens (tertiary/aromatic N) is 1. The minimum Gasteiger partial charge on any atom is -0.396 e. The molecule has 0 saturated heterocycles. The van der Waals surface area contributed by atoms with Gasteiger partial charge in [0.2, 0.25) is 0 Å². The smallest absolute Gasteiger partial charge is 0.120 e. The van der Waals surface area contributed by atoms with E-state index in [1.54, 1.807) is 6.20 Å². The molecule has 0 saturated carbocycles. The number of aliphatic hydroxyl groups is 1. The second-order valence-electron chi connectivity index (χ2n) is 4.64. The highest BCUT2D eigenvalue weighted by molar-refractivity contribution is 4.85. The molecule has 0 unspecified atom stereocenters. The first-order valence-corrected chi connectivity index (χ1v) is 5.44. The summed E-state index contributed by atoms with van der Waals surface area (Å²) in [5, 5.41) is 12.4. The molecular formula is C11H21N3O. The predicted octanol–water partition coefficient (Wildman–Crippen LogP) is 1.30. The zero-order valence-corrected chi connectivity index (χ0v) is 9.58. The Hall–Kier alpha value is -0.870. The fourth-order valence-corrected chi connectivity index (χ4v) is 1.37. The Bertz CT molecular complexity index is 257. The van der Waals surface area contributed by atoms with E-state index in [9.17, 15) is 0 Å². The number of hydrogen-bond acceptors (Lipinski definition) is 3. The number of aliphatic hydroxyl groups excluding tert-OH is 1. The van der Waals surface area contributed by atoms with Crippen LogP contribution < -0.4 is 5.32 Å². The van der Waals surface area contributed by atoms with Crippen molar-refractivity contribution < 1.29 is 5.11 Å². The summed E-state index contributed by atoms with van der Waals surface area (Å²) in [6, 6.07) is 0. The van der Waals surface area contributed by atoms with Gasteiger partial charge in [-0.05, 0) is 24.8 Å². The predicted molar refractivity (Wildman–Crippen MR) is 60.4 cm³/mol. The van der Waals surface area contributed by atoms with Gasteiger partial charge in [-0.1, -0.05) is 13.8 Å². The van der Waals surface area contributed by atoms with Gasteiger partial charge in [0.25, 0.3) is 0 Å². The van der Waals surface area contributed by atoms with Crippen molar-refractivity contribution in [1.29, 1.82) is 0 Å². The average molecular weight is 211 g/mol. The SMILES string of the molecule is CC(C)(CO)CCCNCc1ncc[nH]1. The lowest BCUT2D eigenvalue weighted by Gasteiger charge is -2.21. The maximum Gasteiger partial charge on any atom is 0.120 e. The van der Waals surface area contributed by atoms with Crippen molar-refractivity contribution in [2.45, 2.75) is 33.2 Å². The molecule has 0 spiro atoms. The van der Waals surface area contributed by atoms with Gasteiger partial charge in [0.1, 0.15) is 5.82 Å². The summed E-state index contributed by atoms with van der Waals surface area (Å²) in [4.78, 5) is 7.16. The monoisotopic (exact) mass is 211 g/mol. The highest BCUT2D eigenvalue weighted by Crippen LogP contribution is 2.20. The molecule has 0 amide bonds. The van der Waals surface area contributed by atoms with E-state index in [0.717, 1.165) is 31.8 Å². The average Bonchev–Trinajstić information content (AvgIpc) is 2.70. The largest absolute Gasteiger partial charge is 0.396 e. The van der Waals surface area contributed by atoms with E-state index in [-0.39, 0.29) is 12.0 Å². The van der Waals surface area contributed by atoms with Gasteiger partial charge in [0.15, 0.2) is 0 Å². The molecule has 3 N–H and O–H groups in total. The lowest BCUT2D eigenvalue weighted by Crippen LogP contribution is -2.21. The number of aromatic amines is 1. The molecule has 1 aromatic rings. The molecule has 1 rings (SSSR count). The van der Waals surface area contributed by atoms with Gasteiger partial charge >= 0.3 is 0 Å². The first kappa shape index (κ1) is 12.2. The first-order valence-electron chi connectivity index (χ1n) is 5.44. The number of aromatic nitrogens is 2. The molecule has 0 atom stereocenters. The summed E-state index contributed by atoms with van der Waals surface area (Å²) >= 11 is 0. The van der Waals surface area contributed by atoms with Gasteiger partial charge in [-0.2, -0.15) is 0 Å². The zero-order chi connectivity index (χ0) is 11.1. The van der Waals surface area contributed by atoms with Crippen molar-refractivity contribution in [3.05, 3.63) is 18.2 Å². The van der Waals surface area contributed by atoms with Crippen LogP contribution in [0.15, 0.2) is 12.4 Å². The highest BCUT2D eigenvalue weighted by atomic mass is 16.3. The fraction of sp³-hybridized carbons (Fsp3) is 0.727. The normalized spacial score (nSPS) is 11.9. The Kier molecular flexibility index (Phi) is 4.78. The van der Waals surface area contributed by atoms with E-state index in [1.807, 2.05) is 6.20 Å². The Labute approximate surface area is 91.1 Å². The summed E-state index contributed by atoms with van der Waals surface area (Å²) in [7, 11) is 0. The molecule has 4 nitrogen and oxygen atoms in total. The number of imidazole rings is 1. The molecule has 0 aliphatic heterocycles. The van der Waals surface area contributed by atoms with Crippen LogP contribution in [0.4, 0.5) is 0 Å². The quantitative estimate of drug-likeness (QED) is 0.596. The minimum absolute atomic E-state index is 0.0480. The van der Waals surface area contributed by atoms with E-state index >= 15 is 0 Å². The topological polar surface area (TPSA) is 60.9 Å². The Balaban J connectivity index is 2.03. The number of rotatable bonds is 7. The van der Waals surface area contributed by atoms with Gasteiger partial charge in [0.05, 0.1) is 6.54 Å². The number of hydrogen-bond donors (Lipinski definition) is 3. The van der Waals surface area contributed by atoms with Gasteiger partial charge in [-0.15, -0.1) is 0 Å². The standard InChI is InChI=1S/C11H21N3O/c1-11(2,9-15)4-3-5-12-8-10-13-6-7-14-10/h6-7,12,15H,3-5,8-9H2,1-2H3,(H,13,14). The molecular weight excluding hydrogens is 190 g/mol. The summed E-state index contributed by atoms with van der Waals surface area (Å²) in [5.74, 6) is 0.969. The van der Waals surface area contributed by atoms with Crippen molar-refractivity contribution in [2.24, 2.45) is 5.41 Å². The van der Waals surface area contributed by atoms with Crippen LogP contribution in [-0.4, -0.2) is 28.2 Å². The van der Waals surface area contributed by atoms with E-state index in [1.165, 1.54) is 0 Å². The molecule has 0 aliphatic carbocycles. The molecule has 86 valence electrons. The van der Waals surface area contributed by atoms with Crippen molar-refractivity contribution in [2.75, 3.05) is 13.2 Å². The Morgan fingerprint density at radius 2 is 2.33 bits per heavy atom. The van der Waals surface area contributed by atoms with Crippen LogP contribution in [0, 0.1) is 5.41 Å². The molecule has 15 heavy (non-hydrogen) atoms. The van der Waals surface area contributed by atoms with Crippen molar-refractivity contribution in [3.63, 3.8) is 0 Å².